The van der Waals surface area contributed by atoms with E-state index in [9.17, 15) is 0 Å². The van der Waals surface area contributed by atoms with Crippen molar-refractivity contribution in [1.29, 1.82) is 0 Å². The van der Waals surface area contributed by atoms with Gasteiger partial charge < -0.3 is 10.6 Å². The van der Waals surface area contributed by atoms with Crippen molar-refractivity contribution >= 4 is 11.8 Å². The van der Waals surface area contributed by atoms with E-state index in [4.69, 9.17) is 0 Å². The Hall–Kier alpha value is -1.32. The summed E-state index contributed by atoms with van der Waals surface area (Å²) in [4.78, 5) is 9.25. The van der Waals surface area contributed by atoms with Crippen LogP contribution >= 0.6 is 0 Å². The van der Waals surface area contributed by atoms with Crippen molar-refractivity contribution in [3.8, 4) is 0 Å². The molecular weight excluding hydrogens is 260 g/mol. The lowest BCUT2D eigenvalue weighted by atomic mass is 9.95. The maximum atomic E-state index is 4.69. The Kier molecular flexibility index (Phi) is 4.94. The van der Waals surface area contributed by atoms with Crippen LogP contribution in [0.15, 0.2) is 6.07 Å². The monoisotopic (exact) mass is 288 g/mol. The van der Waals surface area contributed by atoms with Crippen LogP contribution in [-0.4, -0.2) is 22.1 Å². The highest BCUT2D eigenvalue weighted by atomic mass is 15.2. The molecule has 2 aliphatic rings. The summed E-state index contributed by atoms with van der Waals surface area (Å²) in [7, 11) is 0. The molecule has 1 aromatic rings. The predicted molar refractivity (Wildman–Crippen MR) is 87.8 cm³/mol. The summed E-state index contributed by atoms with van der Waals surface area (Å²) in [6.07, 6.45) is 13.2. The lowest BCUT2D eigenvalue weighted by molar-refractivity contribution is 0.459. The quantitative estimate of drug-likeness (QED) is 0.868. The predicted octanol–water partition coefficient (Wildman–Crippen LogP) is 4.27. The Morgan fingerprint density at radius 3 is 2.00 bits per heavy atom. The van der Waals surface area contributed by atoms with Gasteiger partial charge in [-0.05, 0) is 32.6 Å². The summed E-state index contributed by atoms with van der Waals surface area (Å²) in [6.45, 7) is 2.06. The van der Waals surface area contributed by atoms with Crippen molar-refractivity contribution in [3.63, 3.8) is 0 Å². The molecule has 21 heavy (non-hydrogen) atoms. The SMILES string of the molecule is Cc1cc(NC2CCCCC2)nc(NC2CCCCC2)n1. The smallest absolute Gasteiger partial charge is 0.225 e. The molecule has 4 heteroatoms. The molecule has 3 rings (SSSR count). The van der Waals surface area contributed by atoms with Gasteiger partial charge >= 0.3 is 0 Å². The zero-order valence-electron chi connectivity index (χ0n) is 13.2. The second-order valence-electron chi connectivity index (χ2n) is 6.68. The maximum Gasteiger partial charge on any atom is 0.225 e. The summed E-state index contributed by atoms with van der Waals surface area (Å²) < 4.78 is 0. The van der Waals surface area contributed by atoms with Gasteiger partial charge in [0.05, 0.1) is 0 Å². The number of aromatic nitrogens is 2. The van der Waals surface area contributed by atoms with Gasteiger partial charge in [-0.1, -0.05) is 38.5 Å². The molecule has 4 nitrogen and oxygen atoms in total. The zero-order chi connectivity index (χ0) is 14.5. The molecule has 0 amide bonds. The number of rotatable bonds is 4. The van der Waals surface area contributed by atoms with Crippen molar-refractivity contribution in [2.75, 3.05) is 10.6 Å². The Bertz CT molecular complexity index is 410. The largest absolute Gasteiger partial charge is 0.367 e. The average Bonchev–Trinajstić information content (AvgIpc) is 2.48. The fraction of sp³-hybridized carbons (Fsp3) is 0.765. The van der Waals surface area contributed by atoms with Gasteiger partial charge in [0.1, 0.15) is 5.82 Å². The first-order chi connectivity index (χ1) is 10.3. The van der Waals surface area contributed by atoms with Gasteiger partial charge in [0.25, 0.3) is 0 Å². The lowest BCUT2D eigenvalue weighted by Crippen LogP contribution is -2.25. The van der Waals surface area contributed by atoms with Crippen LogP contribution in [-0.2, 0) is 0 Å². The third kappa shape index (κ3) is 4.32. The van der Waals surface area contributed by atoms with Gasteiger partial charge in [-0.15, -0.1) is 0 Å². The fourth-order valence-corrected chi connectivity index (χ4v) is 3.59. The van der Waals surface area contributed by atoms with Crippen LogP contribution in [0.2, 0.25) is 0 Å². The number of nitrogens with zero attached hydrogens (tertiary/aromatic N) is 2. The van der Waals surface area contributed by atoms with Crippen LogP contribution in [0.5, 0.6) is 0 Å². The topological polar surface area (TPSA) is 49.8 Å². The summed E-state index contributed by atoms with van der Waals surface area (Å²) in [5.41, 5.74) is 1.04. The standard InChI is InChI=1S/C17H28N4/c1-13-12-16(19-14-8-4-2-5-9-14)21-17(18-13)20-15-10-6-3-7-11-15/h12,14-15H,2-11H2,1H3,(H2,18,19,20,21). The van der Waals surface area contributed by atoms with Crippen molar-refractivity contribution in [2.24, 2.45) is 0 Å². The molecule has 0 bridgehead atoms. The molecule has 2 aliphatic carbocycles. The highest BCUT2D eigenvalue weighted by molar-refractivity contribution is 5.43. The Morgan fingerprint density at radius 1 is 0.810 bits per heavy atom. The molecule has 0 spiro atoms. The molecule has 0 saturated heterocycles. The van der Waals surface area contributed by atoms with E-state index < -0.39 is 0 Å². The molecule has 0 unspecified atom stereocenters. The van der Waals surface area contributed by atoms with Gasteiger partial charge in [-0.25, -0.2) is 4.98 Å². The van der Waals surface area contributed by atoms with Gasteiger partial charge in [0.15, 0.2) is 0 Å². The van der Waals surface area contributed by atoms with Gasteiger partial charge in [0, 0.05) is 23.8 Å². The number of hydrogen-bond donors (Lipinski definition) is 2. The highest BCUT2D eigenvalue weighted by Crippen LogP contribution is 2.23. The van der Waals surface area contributed by atoms with Gasteiger partial charge in [0.2, 0.25) is 5.95 Å². The molecule has 0 aromatic carbocycles. The van der Waals surface area contributed by atoms with Crippen LogP contribution in [0.1, 0.15) is 69.9 Å². The molecule has 2 saturated carbocycles. The molecule has 2 N–H and O–H groups in total. The summed E-state index contributed by atoms with van der Waals surface area (Å²) in [5, 5.41) is 7.15. The first-order valence-corrected chi connectivity index (χ1v) is 8.68. The highest BCUT2D eigenvalue weighted by Gasteiger charge is 2.16. The van der Waals surface area contributed by atoms with Crippen LogP contribution < -0.4 is 10.6 Å². The minimum Gasteiger partial charge on any atom is -0.367 e. The molecule has 116 valence electrons. The van der Waals surface area contributed by atoms with Crippen molar-refractivity contribution < 1.29 is 0 Å². The van der Waals surface area contributed by atoms with Crippen molar-refractivity contribution in [3.05, 3.63) is 11.8 Å². The molecular formula is C17H28N4. The van der Waals surface area contributed by atoms with Crippen LogP contribution in [0, 0.1) is 6.92 Å². The third-order valence-electron chi connectivity index (χ3n) is 4.75. The van der Waals surface area contributed by atoms with Crippen LogP contribution in [0.4, 0.5) is 11.8 Å². The molecule has 0 aliphatic heterocycles. The first-order valence-electron chi connectivity index (χ1n) is 8.68. The van der Waals surface area contributed by atoms with E-state index in [2.05, 4.69) is 33.6 Å². The Balaban J connectivity index is 1.63. The second-order valence-corrected chi connectivity index (χ2v) is 6.68. The number of aryl methyl sites for hydroxylation is 1. The molecule has 0 radical (unpaired) electrons. The lowest BCUT2D eigenvalue weighted by Gasteiger charge is -2.25. The molecule has 2 fully saturated rings. The summed E-state index contributed by atoms with van der Waals surface area (Å²) in [6, 6.07) is 3.22. The average molecular weight is 288 g/mol. The van der Waals surface area contributed by atoms with E-state index >= 15 is 0 Å². The second kappa shape index (κ2) is 7.10. The maximum absolute atomic E-state index is 4.69. The van der Waals surface area contributed by atoms with E-state index in [-0.39, 0.29) is 0 Å². The van der Waals surface area contributed by atoms with E-state index in [0.717, 1.165) is 17.5 Å². The summed E-state index contributed by atoms with van der Waals surface area (Å²) in [5.74, 6) is 1.80. The van der Waals surface area contributed by atoms with E-state index in [1.165, 1.54) is 64.2 Å². The molecule has 0 atom stereocenters. The fourth-order valence-electron chi connectivity index (χ4n) is 3.59. The van der Waals surface area contributed by atoms with Gasteiger partial charge in [-0.3, -0.25) is 0 Å². The third-order valence-corrected chi connectivity index (χ3v) is 4.75. The Labute approximate surface area is 128 Å². The van der Waals surface area contributed by atoms with Crippen LogP contribution in [0.3, 0.4) is 0 Å². The van der Waals surface area contributed by atoms with Crippen LogP contribution in [0.25, 0.3) is 0 Å². The molecule has 1 aromatic heterocycles. The van der Waals surface area contributed by atoms with Crippen molar-refractivity contribution in [1.82, 2.24) is 9.97 Å². The minimum absolute atomic E-state index is 0.558. The Morgan fingerprint density at radius 2 is 1.38 bits per heavy atom. The summed E-state index contributed by atoms with van der Waals surface area (Å²) >= 11 is 0. The van der Waals surface area contributed by atoms with Crippen molar-refractivity contribution in [2.45, 2.75) is 83.2 Å². The number of anilines is 2. The zero-order valence-corrected chi connectivity index (χ0v) is 13.2. The number of hydrogen-bond acceptors (Lipinski definition) is 4. The van der Waals surface area contributed by atoms with E-state index in [1.54, 1.807) is 0 Å². The van der Waals surface area contributed by atoms with E-state index in [0.29, 0.717) is 12.1 Å². The molecule has 1 heterocycles. The van der Waals surface area contributed by atoms with Gasteiger partial charge in [-0.2, -0.15) is 4.98 Å². The normalized spacial score (nSPS) is 21.2. The number of nitrogens with one attached hydrogen (secondary N) is 2. The van der Waals surface area contributed by atoms with E-state index in [1.807, 2.05) is 0 Å². The minimum atomic E-state index is 0.558. The first kappa shape index (κ1) is 14.6.